The van der Waals surface area contributed by atoms with Gasteiger partial charge in [-0.15, -0.1) is 11.8 Å². The highest BCUT2D eigenvalue weighted by Gasteiger charge is 2.22. The first-order valence-corrected chi connectivity index (χ1v) is 10.2. The number of nitrogen functional groups attached to an aromatic ring is 1. The predicted octanol–water partition coefficient (Wildman–Crippen LogP) is 4.75. The summed E-state index contributed by atoms with van der Waals surface area (Å²) in [6.45, 7) is 1.87. The second-order valence-corrected chi connectivity index (χ2v) is 7.75. The molecule has 0 atom stereocenters. The molecule has 7 nitrogen and oxygen atoms in total. The van der Waals surface area contributed by atoms with Gasteiger partial charge >= 0.3 is 0 Å². The molecule has 0 spiro atoms. The van der Waals surface area contributed by atoms with E-state index in [0.717, 1.165) is 5.56 Å². The maximum Gasteiger partial charge on any atom is 0.225 e. The summed E-state index contributed by atoms with van der Waals surface area (Å²) in [5, 5.41) is 22.8. The van der Waals surface area contributed by atoms with Crippen molar-refractivity contribution in [2.75, 3.05) is 16.8 Å². The van der Waals surface area contributed by atoms with Gasteiger partial charge in [0.2, 0.25) is 5.91 Å². The molecule has 2 heterocycles. The summed E-state index contributed by atoms with van der Waals surface area (Å²) in [5.41, 5.74) is 8.06. The quantitative estimate of drug-likeness (QED) is 0.532. The zero-order valence-electron chi connectivity index (χ0n) is 15.9. The molecule has 0 radical (unpaired) electrons. The van der Waals surface area contributed by atoms with E-state index in [1.807, 2.05) is 19.1 Å². The number of nitrogens with one attached hydrogen (secondary N) is 1. The fraction of sp³-hybridized carbons (Fsp3) is 0.143. The molecule has 0 aliphatic carbocycles. The van der Waals surface area contributed by atoms with Gasteiger partial charge in [-0.2, -0.15) is 10.5 Å². The Morgan fingerprint density at radius 3 is 2.73 bits per heavy atom. The molecule has 0 aliphatic rings. The molecule has 3 aromatic rings. The number of nitrogens with two attached hydrogens (primary N) is 1. The molecular weight excluding hydrogens is 422 g/mol. The molecule has 9 heteroatoms. The van der Waals surface area contributed by atoms with Crippen LogP contribution in [0.15, 0.2) is 46.0 Å². The van der Waals surface area contributed by atoms with Crippen molar-refractivity contribution in [3.05, 3.63) is 58.3 Å². The van der Waals surface area contributed by atoms with Gasteiger partial charge in [0.1, 0.15) is 34.3 Å². The molecule has 30 heavy (non-hydrogen) atoms. The summed E-state index contributed by atoms with van der Waals surface area (Å²) >= 11 is 7.19. The highest BCUT2D eigenvalue weighted by atomic mass is 35.5. The number of carbonyl (C=O) groups is 1. The summed E-state index contributed by atoms with van der Waals surface area (Å²) in [6, 6.07) is 12.6. The molecule has 3 rings (SSSR count). The number of aryl methyl sites for hydroxylation is 1. The second kappa shape index (κ2) is 9.36. The Labute approximate surface area is 182 Å². The van der Waals surface area contributed by atoms with E-state index in [0.29, 0.717) is 32.8 Å². The van der Waals surface area contributed by atoms with Crippen molar-refractivity contribution in [2.24, 2.45) is 0 Å². The van der Waals surface area contributed by atoms with E-state index in [-0.39, 0.29) is 29.3 Å². The zero-order valence-corrected chi connectivity index (χ0v) is 17.5. The van der Waals surface area contributed by atoms with E-state index in [4.69, 9.17) is 21.8 Å². The number of thioether (sulfide) groups is 1. The van der Waals surface area contributed by atoms with Crippen molar-refractivity contribution in [3.8, 4) is 23.5 Å². The predicted molar refractivity (Wildman–Crippen MR) is 116 cm³/mol. The van der Waals surface area contributed by atoms with Crippen molar-refractivity contribution in [1.29, 1.82) is 10.5 Å². The molecule has 0 bridgehead atoms. The van der Waals surface area contributed by atoms with E-state index < -0.39 is 0 Å². The third kappa shape index (κ3) is 4.57. The number of hydrogen-bond acceptors (Lipinski definition) is 7. The van der Waals surface area contributed by atoms with Gasteiger partial charge in [0.15, 0.2) is 0 Å². The maximum atomic E-state index is 12.3. The van der Waals surface area contributed by atoms with Crippen LogP contribution < -0.4 is 11.1 Å². The molecule has 0 saturated carbocycles. The third-order valence-electron chi connectivity index (χ3n) is 4.22. The number of nitrogens with zero attached hydrogens (tertiary/aromatic N) is 3. The molecule has 1 aromatic carbocycles. The third-order valence-corrected chi connectivity index (χ3v) is 5.44. The molecule has 2 aromatic heterocycles. The normalized spacial score (nSPS) is 10.3. The lowest BCUT2D eigenvalue weighted by Crippen LogP contribution is -2.13. The highest BCUT2D eigenvalue weighted by molar-refractivity contribution is 7.99. The Morgan fingerprint density at radius 1 is 1.30 bits per heavy atom. The van der Waals surface area contributed by atoms with Gasteiger partial charge < -0.3 is 15.5 Å². The minimum Gasteiger partial charge on any atom is -0.464 e. The van der Waals surface area contributed by atoms with Gasteiger partial charge in [-0.3, -0.25) is 4.79 Å². The Bertz CT molecular complexity index is 1180. The van der Waals surface area contributed by atoms with Crippen LogP contribution in [0.4, 0.5) is 11.5 Å². The summed E-state index contributed by atoms with van der Waals surface area (Å²) in [4.78, 5) is 16.5. The summed E-state index contributed by atoms with van der Waals surface area (Å²) in [7, 11) is 0. The maximum absolute atomic E-state index is 12.3. The number of furan rings is 1. The van der Waals surface area contributed by atoms with Gasteiger partial charge in [-0.1, -0.05) is 17.7 Å². The van der Waals surface area contributed by atoms with Crippen molar-refractivity contribution in [2.45, 2.75) is 18.4 Å². The van der Waals surface area contributed by atoms with E-state index in [1.165, 1.54) is 18.0 Å². The smallest absolute Gasteiger partial charge is 0.225 e. The molecule has 0 aliphatic heterocycles. The molecular formula is C21H16ClN5O2S. The minimum absolute atomic E-state index is 0.00408. The van der Waals surface area contributed by atoms with Crippen molar-refractivity contribution in [1.82, 2.24) is 4.98 Å². The van der Waals surface area contributed by atoms with Crippen molar-refractivity contribution in [3.63, 3.8) is 0 Å². The number of amides is 1. The monoisotopic (exact) mass is 437 g/mol. The lowest BCUT2D eigenvalue weighted by molar-refractivity contribution is -0.115. The van der Waals surface area contributed by atoms with Crippen LogP contribution >= 0.6 is 23.4 Å². The second-order valence-electron chi connectivity index (χ2n) is 6.23. The number of carbonyl (C=O) groups excluding carboxylic acids is 1. The number of halogens is 1. The van der Waals surface area contributed by atoms with Crippen molar-refractivity contribution < 1.29 is 9.21 Å². The fourth-order valence-corrected chi connectivity index (χ4v) is 3.86. The Hall–Kier alpha value is -3.46. The van der Waals surface area contributed by atoms with Crippen LogP contribution in [-0.2, 0) is 4.79 Å². The van der Waals surface area contributed by atoms with Crippen LogP contribution in [0.3, 0.4) is 0 Å². The topological polar surface area (TPSA) is 129 Å². The van der Waals surface area contributed by atoms with Crippen LogP contribution in [0.5, 0.6) is 0 Å². The summed E-state index contributed by atoms with van der Waals surface area (Å²) in [6.07, 6.45) is 1.63. The highest BCUT2D eigenvalue weighted by Crippen LogP contribution is 2.36. The Morgan fingerprint density at radius 2 is 2.07 bits per heavy atom. The fourth-order valence-electron chi connectivity index (χ4n) is 2.75. The first kappa shape index (κ1) is 21.3. The van der Waals surface area contributed by atoms with Gasteiger partial charge in [0.05, 0.1) is 17.4 Å². The molecule has 150 valence electrons. The van der Waals surface area contributed by atoms with Gasteiger partial charge in [0, 0.05) is 22.9 Å². The minimum atomic E-state index is -0.195. The number of aromatic nitrogens is 1. The number of hydrogen-bond donors (Lipinski definition) is 2. The number of benzene rings is 1. The van der Waals surface area contributed by atoms with Crippen LogP contribution in [0, 0.1) is 29.6 Å². The average molecular weight is 438 g/mol. The van der Waals surface area contributed by atoms with Crippen LogP contribution in [0.25, 0.3) is 11.3 Å². The summed E-state index contributed by atoms with van der Waals surface area (Å²) in [5.74, 6) is 0.521. The number of pyridine rings is 1. The molecule has 1 amide bonds. The number of anilines is 2. The molecule has 0 unspecified atom stereocenters. The zero-order chi connectivity index (χ0) is 21.7. The average Bonchev–Trinajstić information content (AvgIpc) is 3.24. The van der Waals surface area contributed by atoms with Crippen molar-refractivity contribution >= 4 is 40.8 Å². The van der Waals surface area contributed by atoms with Crippen LogP contribution in [0.1, 0.15) is 23.1 Å². The molecule has 0 saturated heterocycles. The first-order valence-electron chi connectivity index (χ1n) is 8.81. The van der Waals surface area contributed by atoms with Gasteiger partial charge in [-0.05, 0) is 36.8 Å². The Balaban J connectivity index is 1.77. The first-order chi connectivity index (χ1) is 14.4. The van der Waals surface area contributed by atoms with E-state index in [1.54, 1.807) is 24.3 Å². The standard InChI is InChI=1S/C21H16ClN5O2S/c1-12-4-5-13(22)9-16(12)26-18(28)6-8-30-21-15(11-24)19(17-3-2-7-29-17)14(10-23)20(25)27-21/h2-5,7,9H,6,8H2,1H3,(H2,25,27)(H,26,28). The SMILES string of the molecule is Cc1ccc(Cl)cc1NC(=O)CCSc1nc(N)c(C#N)c(-c2ccco2)c1C#N. The van der Waals surface area contributed by atoms with Gasteiger partial charge in [0.25, 0.3) is 0 Å². The largest absolute Gasteiger partial charge is 0.464 e. The lowest BCUT2D eigenvalue weighted by atomic mass is 10.0. The van der Waals surface area contributed by atoms with Gasteiger partial charge in [-0.25, -0.2) is 4.98 Å². The van der Waals surface area contributed by atoms with E-state index >= 15 is 0 Å². The lowest BCUT2D eigenvalue weighted by Gasteiger charge is -2.11. The van der Waals surface area contributed by atoms with E-state index in [9.17, 15) is 15.3 Å². The van der Waals surface area contributed by atoms with E-state index in [2.05, 4.69) is 16.4 Å². The Kier molecular flexibility index (Phi) is 6.63. The number of rotatable bonds is 6. The molecule has 3 N–H and O–H groups in total. The molecule has 0 fully saturated rings. The van der Waals surface area contributed by atoms with Crippen LogP contribution in [-0.4, -0.2) is 16.6 Å². The van der Waals surface area contributed by atoms with Crippen LogP contribution in [0.2, 0.25) is 5.02 Å². The number of nitriles is 2. The summed E-state index contributed by atoms with van der Waals surface area (Å²) < 4.78 is 5.37.